The highest BCUT2D eigenvalue weighted by atomic mass is 35.5. The van der Waals surface area contributed by atoms with Gasteiger partial charge in [0, 0.05) is 27.1 Å². The van der Waals surface area contributed by atoms with Crippen LogP contribution in [-0.4, -0.2) is 27.1 Å². The number of nitrogens with zero attached hydrogens (tertiary/aromatic N) is 4. The molecule has 7 heteroatoms. The van der Waals surface area contributed by atoms with E-state index in [1.165, 1.54) is 0 Å². The molecule has 0 bridgehead atoms. The van der Waals surface area contributed by atoms with Gasteiger partial charge >= 0.3 is 0 Å². The van der Waals surface area contributed by atoms with Crippen LogP contribution in [0.1, 0.15) is 0 Å². The Balaban J connectivity index is 1.42. The Bertz CT molecular complexity index is 1330. The number of halogens is 1. The Hall–Kier alpha value is -3.48. The summed E-state index contributed by atoms with van der Waals surface area (Å²) in [6.07, 6.45) is 1.75. The Morgan fingerprint density at radius 2 is 1.68 bits per heavy atom. The maximum absolute atomic E-state index is 6.01. The lowest BCUT2D eigenvalue weighted by atomic mass is 10.1. The first kappa shape index (κ1) is 19.5. The Kier molecular flexibility index (Phi) is 5.24. The van der Waals surface area contributed by atoms with Crippen LogP contribution in [0.15, 0.2) is 84.4 Å². The van der Waals surface area contributed by atoms with E-state index >= 15 is 0 Å². The van der Waals surface area contributed by atoms with Crippen LogP contribution in [-0.2, 0) is 0 Å². The monoisotopic (exact) mass is 444 g/mol. The zero-order valence-electron chi connectivity index (χ0n) is 16.6. The van der Waals surface area contributed by atoms with Crippen LogP contribution >= 0.6 is 22.9 Å². The number of aromatic nitrogens is 4. The summed E-state index contributed by atoms with van der Waals surface area (Å²) in [5.41, 5.74) is 5.85. The second kappa shape index (κ2) is 8.34. The van der Waals surface area contributed by atoms with Crippen LogP contribution in [0, 0.1) is 0 Å². The van der Waals surface area contributed by atoms with Crippen molar-refractivity contribution in [2.75, 3.05) is 7.11 Å². The van der Waals surface area contributed by atoms with Crippen molar-refractivity contribution in [3.8, 4) is 44.5 Å². The van der Waals surface area contributed by atoms with Gasteiger partial charge in [-0.3, -0.25) is 0 Å². The minimum Gasteiger partial charge on any atom is -0.497 e. The summed E-state index contributed by atoms with van der Waals surface area (Å²) in [5.74, 6) is 0.822. The molecule has 152 valence electrons. The van der Waals surface area contributed by atoms with Gasteiger partial charge in [0.1, 0.15) is 10.8 Å². The van der Waals surface area contributed by atoms with Gasteiger partial charge in [-0.25, -0.2) is 9.67 Å². The third-order valence-corrected chi connectivity index (χ3v) is 6.06. The van der Waals surface area contributed by atoms with Gasteiger partial charge in [-0.15, -0.1) is 16.4 Å². The van der Waals surface area contributed by atoms with Gasteiger partial charge in [-0.1, -0.05) is 53.2 Å². The lowest BCUT2D eigenvalue weighted by molar-refractivity contribution is 0.415. The molecule has 0 atom stereocenters. The molecule has 0 N–H and O–H groups in total. The average molecular weight is 445 g/mol. The molecule has 0 radical (unpaired) electrons. The number of ether oxygens (including phenoxy) is 1. The molecule has 2 heterocycles. The largest absolute Gasteiger partial charge is 0.497 e. The van der Waals surface area contributed by atoms with E-state index in [1.807, 2.05) is 77.5 Å². The fourth-order valence-corrected chi connectivity index (χ4v) is 4.26. The van der Waals surface area contributed by atoms with E-state index in [-0.39, 0.29) is 0 Å². The van der Waals surface area contributed by atoms with E-state index in [0.717, 1.165) is 44.5 Å². The van der Waals surface area contributed by atoms with Gasteiger partial charge in [0.15, 0.2) is 0 Å². The summed E-state index contributed by atoms with van der Waals surface area (Å²) in [4.78, 5) is 4.81. The van der Waals surface area contributed by atoms with E-state index < -0.39 is 0 Å². The minimum atomic E-state index is 0.698. The van der Waals surface area contributed by atoms with Crippen molar-refractivity contribution in [2.45, 2.75) is 0 Å². The zero-order chi connectivity index (χ0) is 21.2. The van der Waals surface area contributed by atoms with Crippen LogP contribution < -0.4 is 4.74 Å². The first-order chi connectivity index (χ1) is 15.2. The predicted molar refractivity (Wildman–Crippen MR) is 125 cm³/mol. The Labute approximate surface area is 188 Å². The molecule has 0 amide bonds. The first-order valence-electron chi connectivity index (χ1n) is 9.59. The SMILES string of the molecule is COc1cccc(-c2nc(-c3ccc(-n4nncc4-c4ccc(Cl)cc4)cc3)cs2)c1. The summed E-state index contributed by atoms with van der Waals surface area (Å²) >= 11 is 7.63. The lowest BCUT2D eigenvalue weighted by Crippen LogP contribution is -1.99. The zero-order valence-corrected chi connectivity index (χ0v) is 18.1. The smallest absolute Gasteiger partial charge is 0.124 e. The summed E-state index contributed by atoms with van der Waals surface area (Å²) in [6, 6.07) is 23.7. The number of rotatable bonds is 5. The Morgan fingerprint density at radius 1 is 0.903 bits per heavy atom. The van der Waals surface area contributed by atoms with Gasteiger partial charge in [-0.2, -0.15) is 0 Å². The van der Waals surface area contributed by atoms with E-state index in [4.69, 9.17) is 21.3 Å². The summed E-state index contributed by atoms with van der Waals surface area (Å²) in [5, 5.41) is 12.1. The van der Waals surface area contributed by atoms with Crippen molar-refractivity contribution in [3.63, 3.8) is 0 Å². The van der Waals surface area contributed by atoms with Gasteiger partial charge in [0.25, 0.3) is 0 Å². The summed E-state index contributed by atoms with van der Waals surface area (Å²) < 4.78 is 7.14. The highest BCUT2D eigenvalue weighted by Gasteiger charge is 2.11. The molecule has 0 saturated heterocycles. The molecular formula is C24H17ClN4OS. The minimum absolute atomic E-state index is 0.698. The molecule has 31 heavy (non-hydrogen) atoms. The molecular weight excluding hydrogens is 428 g/mol. The third kappa shape index (κ3) is 3.95. The molecule has 0 aliphatic carbocycles. The lowest BCUT2D eigenvalue weighted by Gasteiger charge is -2.07. The Morgan fingerprint density at radius 3 is 2.45 bits per heavy atom. The molecule has 0 unspecified atom stereocenters. The second-order valence-corrected chi connectivity index (χ2v) is 8.15. The molecule has 5 aromatic rings. The predicted octanol–water partition coefficient (Wildman–Crippen LogP) is 6.39. The maximum Gasteiger partial charge on any atom is 0.124 e. The maximum atomic E-state index is 6.01. The molecule has 5 nitrogen and oxygen atoms in total. The van der Waals surface area contributed by atoms with Crippen molar-refractivity contribution in [3.05, 3.63) is 89.4 Å². The highest BCUT2D eigenvalue weighted by molar-refractivity contribution is 7.13. The fourth-order valence-electron chi connectivity index (χ4n) is 3.31. The number of hydrogen-bond donors (Lipinski definition) is 0. The van der Waals surface area contributed by atoms with Gasteiger partial charge in [0.05, 0.1) is 30.4 Å². The second-order valence-electron chi connectivity index (χ2n) is 6.85. The highest BCUT2D eigenvalue weighted by Crippen LogP contribution is 2.31. The van der Waals surface area contributed by atoms with Crippen LogP contribution in [0.3, 0.4) is 0 Å². The molecule has 2 aromatic heterocycles. The van der Waals surface area contributed by atoms with E-state index in [1.54, 1.807) is 24.6 Å². The van der Waals surface area contributed by atoms with Crippen molar-refractivity contribution in [1.82, 2.24) is 20.0 Å². The summed E-state index contributed by atoms with van der Waals surface area (Å²) in [7, 11) is 1.67. The topological polar surface area (TPSA) is 52.8 Å². The van der Waals surface area contributed by atoms with Crippen LogP contribution in [0.25, 0.3) is 38.8 Å². The number of thiazole rings is 1. The van der Waals surface area contributed by atoms with Crippen LogP contribution in [0.2, 0.25) is 5.02 Å². The average Bonchev–Trinajstić information content (AvgIpc) is 3.50. The van der Waals surface area contributed by atoms with Gasteiger partial charge in [-0.05, 0) is 36.4 Å². The molecule has 0 aliphatic heterocycles. The molecule has 0 saturated carbocycles. The number of hydrogen-bond acceptors (Lipinski definition) is 5. The molecule has 5 rings (SSSR count). The van der Waals surface area contributed by atoms with E-state index in [0.29, 0.717) is 5.02 Å². The van der Waals surface area contributed by atoms with Gasteiger partial charge < -0.3 is 4.74 Å². The van der Waals surface area contributed by atoms with Crippen molar-refractivity contribution >= 4 is 22.9 Å². The van der Waals surface area contributed by atoms with Crippen molar-refractivity contribution in [2.24, 2.45) is 0 Å². The molecule has 0 aliphatic rings. The molecule has 0 fully saturated rings. The molecule has 0 spiro atoms. The van der Waals surface area contributed by atoms with Crippen LogP contribution in [0.4, 0.5) is 0 Å². The number of benzene rings is 3. The molecule has 3 aromatic carbocycles. The van der Waals surface area contributed by atoms with Gasteiger partial charge in [0.2, 0.25) is 0 Å². The van der Waals surface area contributed by atoms with E-state index in [2.05, 4.69) is 15.7 Å². The first-order valence-corrected chi connectivity index (χ1v) is 10.8. The van der Waals surface area contributed by atoms with Crippen molar-refractivity contribution in [1.29, 1.82) is 0 Å². The standard InChI is InChI=1S/C24H17ClN4OS/c1-30-21-4-2-3-18(13-21)24-27-22(15-31-24)16-7-11-20(12-8-16)29-23(14-26-28-29)17-5-9-19(25)10-6-17/h2-15H,1H3. The number of methoxy groups -OCH3 is 1. The normalized spacial score (nSPS) is 10.9. The van der Waals surface area contributed by atoms with Crippen LogP contribution in [0.5, 0.6) is 5.75 Å². The quantitative estimate of drug-likeness (QED) is 0.315. The fraction of sp³-hybridized carbons (Fsp3) is 0.0417. The van der Waals surface area contributed by atoms with E-state index in [9.17, 15) is 0 Å². The van der Waals surface area contributed by atoms with Crippen molar-refractivity contribution < 1.29 is 4.74 Å². The third-order valence-electron chi connectivity index (χ3n) is 4.92. The summed E-state index contributed by atoms with van der Waals surface area (Å²) in [6.45, 7) is 0.